The van der Waals surface area contributed by atoms with Gasteiger partial charge in [-0.15, -0.1) is 17.5 Å². The fraction of sp³-hybridized carbons (Fsp3) is 0.556. The van der Waals surface area contributed by atoms with Crippen LogP contribution in [0.25, 0.3) is 5.69 Å². The molecule has 4 rings (SSSR count). The van der Waals surface area contributed by atoms with E-state index in [0.717, 1.165) is 54.9 Å². The van der Waals surface area contributed by atoms with E-state index in [4.69, 9.17) is 4.74 Å². The molecule has 1 aliphatic heterocycles. The van der Waals surface area contributed by atoms with Crippen molar-refractivity contribution in [3.05, 3.63) is 29.6 Å². The minimum Gasteiger partial charge on any atom is -0.375 e. The average Bonchev–Trinajstić information content (AvgIpc) is 3.19. The second-order valence-electron chi connectivity index (χ2n) is 7.16. The van der Waals surface area contributed by atoms with E-state index >= 15 is 0 Å². The number of aryl methyl sites for hydroxylation is 1. The first-order valence-corrected chi connectivity index (χ1v) is 9.12. The maximum Gasteiger partial charge on any atom is 0.227 e. The highest BCUT2D eigenvalue weighted by Crippen LogP contribution is 2.30. The molecule has 3 atom stereocenters. The number of hydrogen-bond donors (Lipinski definition) is 2. The second kappa shape index (κ2) is 8.33. The number of amides is 1. The molecule has 146 valence electrons. The zero-order valence-corrected chi connectivity index (χ0v) is 16.3. The summed E-state index contributed by atoms with van der Waals surface area (Å²) >= 11 is 0. The number of aromatic nitrogens is 4. The van der Waals surface area contributed by atoms with Gasteiger partial charge in [-0.2, -0.15) is 0 Å². The molecule has 1 saturated heterocycles. The van der Waals surface area contributed by atoms with Crippen LogP contribution in [0.3, 0.4) is 0 Å². The molecule has 8 nitrogen and oxygen atoms in total. The number of ether oxygens (including phenoxy) is 1. The standard InChI is InChI=1S/C18H24N6O2.ClH/c1-11-7-14(24-10-20-22-23-24)9-15(12(11)2)21-18(25)13-3-4-17-16(8-13)19-5-6-26-17;/h7,9-10,13,16-17,19H,3-6,8H2,1-2H3,(H,21,25);1H/t13-,16+,17+;/m0./s1. The van der Waals surface area contributed by atoms with Crippen LogP contribution in [0.4, 0.5) is 5.69 Å². The van der Waals surface area contributed by atoms with Gasteiger partial charge in [-0.1, -0.05) is 0 Å². The van der Waals surface area contributed by atoms with E-state index in [-0.39, 0.29) is 36.4 Å². The van der Waals surface area contributed by atoms with Gasteiger partial charge in [-0.25, -0.2) is 4.68 Å². The Morgan fingerprint density at radius 1 is 1.33 bits per heavy atom. The molecule has 2 aromatic rings. The first-order chi connectivity index (χ1) is 12.6. The number of anilines is 1. The van der Waals surface area contributed by atoms with E-state index < -0.39 is 0 Å². The van der Waals surface area contributed by atoms with E-state index in [1.54, 1.807) is 11.0 Å². The highest BCUT2D eigenvalue weighted by Gasteiger charge is 2.36. The Kier molecular flexibility index (Phi) is 6.08. The van der Waals surface area contributed by atoms with Crippen LogP contribution < -0.4 is 10.6 Å². The number of morpholine rings is 1. The highest BCUT2D eigenvalue weighted by molar-refractivity contribution is 5.94. The van der Waals surface area contributed by atoms with Gasteiger partial charge in [0.15, 0.2) is 0 Å². The molecule has 0 radical (unpaired) electrons. The molecule has 1 amide bonds. The first kappa shape index (κ1) is 19.7. The molecule has 1 aromatic carbocycles. The van der Waals surface area contributed by atoms with E-state index in [0.29, 0.717) is 0 Å². The van der Waals surface area contributed by atoms with Gasteiger partial charge >= 0.3 is 0 Å². The van der Waals surface area contributed by atoms with Crippen molar-refractivity contribution in [1.29, 1.82) is 0 Å². The Labute approximate surface area is 164 Å². The summed E-state index contributed by atoms with van der Waals surface area (Å²) < 4.78 is 7.40. The van der Waals surface area contributed by atoms with Gasteiger partial charge in [0.1, 0.15) is 6.33 Å². The summed E-state index contributed by atoms with van der Waals surface area (Å²) in [6.07, 6.45) is 4.41. The van der Waals surface area contributed by atoms with Gasteiger partial charge in [0.2, 0.25) is 5.91 Å². The maximum atomic E-state index is 12.9. The molecule has 0 spiro atoms. The fourth-order valence-corrected chi connectivity index (χ4v) is 3.87. The van der Waals surface area contributed by atoms with Crippen LogP contribution in [0, 0.1) is 19.8 Å². The molecule has 1 saturated carbocycles. The van der Waals surface area contributed by atoms with Crippen molar-refractivity contribution < 1.29 is 9.53 Å². The smallest absolute Gasteiger partial charge is 0.227 e. The summed E-state index contributed by atoms with van der Waals surface area (Å²) in [7, 11) is 0. The Bertz CT molecular complexity index is 797. The summed E-state index contributed by atoms with van der Waals surface area (Å²) in [5.41, 5.74) is 3.79. The second-order valence-corrected chi connectivity index (χ2v) is 7.16. The van der Waals surface area contributed by atoms with Crippen LogP contribution in [0.5, 0.6) is 0 Å². The minimum absolute atomic E-state index is 0. The summed E-state index contributed by atoms with van der Waals surface area (Å²) in [4.78, 5) is 12.9. The summed E-state index contributed by atoms with van der Waals surface area (Å²) in [6, 6.07) is 4.21. The molecule has 2 fully saturated rings. The Morgan fingerprint density at radius 2 is 2.19 bits per heavy atom. The molecule has 1 aromatic heterocycles. The van der Waals surface area contributed by atoms with Gasteiger partial charge in [0, 0.05) is 24.2 Å². The Balaban J connectivity index is 0.00000210. The van der Waals surface area contributed by atoms with Crippen LogP contribution in [-0.2, 0) is 9.53 Å². The monoisotopic (exact) mass is 392 g/mol. The van der Waals surface area contributed by atoms with Crippen molar-refractivity contribution in [3.63, 3.8) is 0 Å². The number of carbonyl (C=O) groups is 1. The lowest BCUT2D eigenvalue weighted by atomic mass is 9.82. The number of rotatable bonds is 3. The van der Waals surface area contributed by atoms with Gasteiger partial charge < -0.3 is 15.4 Å². The SMILES string of the molecule is Cc1cc(-n2cnnn2)cc(NC(=O)[C@H]2CC[C@H]3OCCN[C@@H]3C2)c1C.Cl. The molecule has 1 aliphatic carbocycles. The zero-order chi connectivity index (χ0) is 18.1. The molecule has 2 heterocycles. The highest BCUT2D eigenvalue weighted by atomic mass is 35.5. The van der Waals surface area contributed by atoms with Gasteiger partial charge in [-0.05, 0) is 66.8 Å². The molecule has 9 heteroatoms. The number of hydrogen-bond acceptors (Lipinski definition) is 6. The first-order valence-electron chi connectivity index (χ1n) is 9.12. The molecule has 0 unspecified atom stereocenters. The van der Waals surface area contributed by atoms with Crippen LogP contribution in [0.1, 0.15) is 30.4 Å². The predicted molar refractivity (Wildman–Crippen MR) is 103 cm³/mol. The fourth-order valence-electron chi connectivity index (χ4n) is 3.87. The van der Waals surface area contributed by atoms with Crippen molar-refractivity contribution in [2.45, 2.75) is 45.3 Å². The van der Waals surface area contributed by atoms with Crippen LogP contribution in [-0.4, -0.2) is 51.4 Å². The third-order valence-corrected chi connectivity index (χ3v) is 5.52. The molecular weight excluding hydrogens is 368 g/mol. The number of tetrazole rings is 1. The summed E-state index contributed by atoms with van der Waals surface area (Å²) in [5.74, 6) is 0.0778. The lowest BCUT2D eigenvalue weighted by molar-refractivity contribution is -0.123. The van der Waals surface area contributed by atoms with Crippen LogP contribution in [0.2, 0.25) is 0 Å². The molecular formula is C18H25ClN6O2. The van der Waals surface area contributed by atoms with E-state index in [9.17, 15) is 4.79 Å². The number of carbonyl (C=O) groups excluding carboxylic acids is 1. The lowest BCUT2D eigenvalue weighted by Crippen LogP contribution is -2.52. The quantitative estimate of drug-likeness (QED) is 0.827. The van der Waals surface area contributed by atoms with Gasteiger partial charge in [0.25, 0.3) is 0 Å². The topological polar surface area (TPSA) is 94.0 Å². The normalized spacial score (nSPS) is 24.6. The van der Waals surface area contributed by atoms with Crippen molar-refractivity contribution in [1.82, 2.24) is 25.5 Å². The lowest BCUT2D eigenvalue weighted by Gasteiger charge is -2.39. The largest absolute Gasteiger partial charge is 0.375 e. The minimum atomic E-state index is 0. The molecule has 27 heavy (non-hydrogen) atoms. The van der Waals surface area contributed by atoms with E-state index in [1.807, 2.05) is 26.0 Å². The third kappa shape index (κ3) is 4.12. The number of fused-ring (bicyclic) bond motifs is 1. The maximum absolute atomic E-state index is 12.9. The van der Waals surface area contributed by atoms with E-state index in [2.05, 4.69) is 26.2 Å². The summed E-state index contributed by atoms with van der Waals surface area (Å²) in [5, 5.41) is 17.9. The van der Waals surface area contributed by atoms with Gasteiger partial charge in [0.05, 0.1) is 18.4 Å². The number of nitrogens with one attached hydrogen (secondary N) is 2. The van der Waals surface area contributed by atoms with Crippen LogP contribution >= 0.6 is 12.4 Å². The number of nitrogens with zero attached hydrogens (tertiary/aromatic N) is 4. The zero-order valence-electron chi connectivity index (χ0n) is 15.5. The molecule has 2 aliphatic rings. The average molecular weight is 393 g/mol. The Morgan fingerprint density at radius 3 is 2.96 bits per heavy atom. The van der Waals surface area contributed by atoms with Crippen molar-refractivity contribution >= 4 is 24.0 Å². The Hall–Kier alpha value is -2.03. The van der Waals surface area contributed by atoms with Crippen molar-refractivity contribution in [2.75, 3.05) is 18.5 Å². The van der Waals surface area contributed by atoms with Crippen molar-refractivity contribution in [3.8, 4) is 5.69 Å². The third-order valence-electron chi connectivity index (χ3n) is 5.52. The van der Waals surface area contributed by atoms with Crippen molar-refractivity contribution in [2.24, 2.45) is 5.92 Å². The molecule has 0 bridgehead atoms. The summed E-state index contributed by atoms with van der Waals surface area (Å²) in [6.45, 7) is 5.66. The van der Waals surface area contributed by atoms with E-state index in [1.165, 1.54) is 0 Å². The predicted octanol–water partition coefficient (Wildman–Crippen LogP) is 1.80. The van der Waals surface area contributed by atoms with Crippen LogP contribution in [0.15, 0.2) is 18.5 Å². The van der Waals surface area contributed by atoms with Gasteiger partial charge in [-0.3, -0.25) is 4.79 Å². The number of benzene rings is 1. The number of halogens is 1. The molecule has 2 N–H and O–H groups in total.